The molecular formula is C12H21NO3. The highest BCUT2D eigenvalue weighted by Gasteiger charge is 2.37. The maximum atomic E-state index is 11.8. The van der Waals surface area contributed by atoms with Gasteiger partial charge in [0.1, 0.15) is 11.5 Å². The van der Waals surface area contributed by atoms with Gasteiger partial charge in [0.15, 0.2) is 5.78 Å². The van der Waals surface area contributed by atoms with E-state index in [-0.39, 0.29) is 17.8 Å². The second kappa shape index (κ2) is 4.53. The second-order valence-corrected chi connectivity index (χ2v) is 5.55. The van der Waals surface area contributed by atoms with Gasteiger partial charge in [-0.15, -0.1) is 0 Å². The standard InChI is InChI=1S/C12H21NO3/c1-8-6-9(10(14)7-13(8)5)11(15)16-12(2,3)4/h8-9H,6-7H2,1-5H3/t8-,9?/m1/s1. The summed E-state index contributed by atoms with van der Waals surface area (Å²) in [6, 6.07) is 0.246. The highest BCUT2D eigenvalue weighted by atomic mass is 16.6. The number of hydrogen-bond donors (Lipinski definition) is 0. The van der Waals surface area contributed by atoms with E-state index in [0.717, 1.165) is 0 Å². The Labute approximate surface area is 96.9 Å². The number of Topliss-reactive ketones (excluding diaryl/α,β-unsaturated/α-hetero) is 1. The smallest absolute Gasteiger partial charge is 0.317 e. The Balaban J connectivity index is 2.66. The summed E-state index contributed by atoms with van der Waals surface area (Å²) in [4.78, 5) is 25.5. The van der Waals surface area contributed by atoms with Crippen molar-refractivity contribution in [2.75, 3.05) is 13.6 Å². The normalized spacial score (nSPS) is 27.9. The quantitative estimate of drug-likeness (QED) is 0.499. The Morgan fingerprint density at radius 3 is 2.50 bits per heavy atom. The molecule has 1 unspecified atom stereocenters. The van der Waals surface area contributed by atoms with E-state index in [0.29, 0.717) is 13.0 Å². The summed E-state index contributed by atoms with van der Waals surface area (Å²) in [5.41, 5.74) is -0.524. The van der Waals surface area contributed by atoms with E-state index in [1.54, 1.807) is 0 Å². The molecule has 16 heavy (non-hydrogen) atoms. The first-order valence-electron chi connectivity index (χ1n) is 5.66. The van der Waals surface area contributed by atoms with Crippen LogP contribution in [0.25, 0.3) is 0 Å². The molecule has 0 aromatic rings. The Bertz CT molecular complexity index is 293. The number of nitrogens with zero attached hydrogens (tertiary/aromatic N) is 1. The summed E-state index contributed by atoms with van der Waals surface area (Å²) in [6.07, 6.45) is 0.560. The molecule has 1 heterocycles. The first-order chi connectivity index (χ1) is 7.20. The molecule has 0 N–H and O–H groups in total. The summed E-state index contributed by atoms with van der Waals surface area (Å²) >= 11 is 0. The van der Waals surface area contributed by atoms with E-state index >= 15 is 0 Å². The molecule has 0 amide bonds. The predicted octanol–water partition coefficient (Wildman–Crippen LogP) is 1.24. The minimum absolute atomic E-state index is 0.0325. The van der Waals surface area contributed by atoms with Crippen molar-refractivity contribution in [3.05, 3.63) is 0 Å². The van der Waals surface area contributed by atoms with Crippen LogP contribution in [0, 0.1) is 5.92 Å². The van der Waals surface area contributed by atoms with Gasteiger partial charge in [-0.1, -0.05) is 0 Å². The van der Waals surface area contributed by atoms with Crippen LogP contribution in [-0.4, -0.2) is 41.9 Å². The highest BCUT2D eigenvalue weighted by Crippen LogP contribution is 2.22. The molecule has 0 bridgehead atoms. The van der Waals surface area contributed by atoms with Gasteiger partial charge in [-0.05, 0) is 41.2 Å². The number of likely N-dealkylation sites (tertiary alicyclic amines) is 1. The van der Waals surface area contributed by atoms with Crippen molar-refractivity contribution in [2.45, 2.75) is 45.8 Å². The van der Waals surface area contributed by atoms with Crippen molar-refractivity contribution in [2.24, 2.45) is 5.92 Å². The molecule has 0 spiro atoms. The average molecular weight is 227 g/mol. The molecule has 0 saturated carbocycles. The molecule has 1 fully saturated rings. The number of ether oxygens (including phenoxy) is 1. The number of carbonyl (C=O) groups excluding carboxylic acids is 2. The minimum Gasteiger partial charge on any atom is -0.459 e. The molecule has 92 valence electrons. The lowest BCUT2D eigenvalue weighted by molar-refractivity contribution is -0.164. The van der Waals surface area contributed by atoms with E-state index in [1.165, 1.54) is 0 Å². The number of carbonyl (C=O) groups is 2. The van der Waals surface area contributed by atoms with Gasteiger partial charge in [0.05, 0.1) is 6.54 Å². The number of esters is 1. The highest BCUT2D eigenvalue weighted by molar-refractivity contribution is 6.00. The van der Waals surface area contributed by atoms with E-state index in [4.69, 9.17) is 4.74 Å². The van der Waals surface area contributed by atoms with Gasteiger partial charge in [0.25, 0.3) is 0 Å². The van der Waals surface area contributed by atoms with E-state index < -0.39 is 11.5 Å². The van der Waals surface area contributed by atoms with E-state index in [9.17, 15) is 9.59 Å². The lowest BCUT2D eigenvalue weighted by atomic mass is 9.91. The molecular weight excluding hydrogens is 206 g/mol. The Morgan fingerprint density at radius 1 is 1.44 bits per heavy atom. The topological polar surface area (TPSA) is 46.6 Å². The number of rotatable bonds is 1. The zero-order valence-corrected chi connectivity index (χ0v) is 10.7. The van der Waals surface area contributed by atoms with Crippen LogP contribution >= 0.6 is 0 Å². The number of likely N-dealkylation sites (N-methyl/N-ethyl adjacent to an activating group) is 1. The van der Waals surface area contributed by atoms with Crippen molar-refractivity contribution < 1.29 is 14.3 Å². The van der Waals surface area contributed by atoms with Crippen molar-refractivity contribution in [3.63, 3.8) is 0 Å². The summed E-state index contributed by atoms with van der Waals surface area (Å²) in [5, 5.41) is 0. The maximum Gasteiger partial charge on any atom is 0.317 e. The van der Waals surface area contributed by atoms with Crippen molar-refractivity contribution >= 4 is 11.8 Å². The monoisotopic (exact) mass is 227 g/mol. The molecule has 1 rings (SSSR count). The number of hydrogen-bond acceptors (Lipinski definition) is 4. The molecule has 0 aromatic heterocycles. The molecule has 1 aliphatic rings. The molecule has 0 aromatic carbocycles. The van der Waals surface area contributed by atoms with E-state index in [1.807, 2.05) is 39.6 Å². The van der Waals surface area contributed by atoms with Crippen molar-refractivity contribution in [3.8, 4) is 0 Å². The first kappa shape index (κ1) is 13.2. The summed E-state index contributed by atoms with van der Waals surface area (Å²) in [6.45, 7) is 7.80. The molecule has 0 radical (unpaired) electrons. The molecule has 4 nitrogen and oxygen atoms in total. The third kappa shape index (κ3) is 3.30. The largest absolute Gasteiger partial charge is 0.459 e. The van der Waals surface area contributed by atoms with Crippen LogP contribution in [0.5, 0.6) is 0 Å². The van der Waals surface area contributed by atoms with Gasteiger partial charge >= 0.3 is 5.97 Å². The zero-order valence-electron chi connectivity index (χ0n) is 10.7. The lowest BCUT2D eigenvalue weighted by Gasteiger charge is -2.33. The van der Waals surface area contributed by atoms with Crippen molar-refractivity contribution in [1.29, 1.82) is 0 Å². The Hall–Kier alpha value is -0.900. The fourth-order valence-electron chi connectivity index (χ4n) is 1.76. The van der Waals surface area contributed by atoms with Gasteiger partial charge < -0.3 is 4.74 Å². The number of ketones is 1. The molecule has 2 atom stereocenters. The van der Waals surface area contributed by atoms with Gasteiger partial charge in [0.2, 0.25) is 0 Å². The van der Waals surface area contributed by atoms with Gasteiger partial charge in [0, 0.05) is 6.04 Å². The van der Waals surface area contributed by atoms with Crippen LogP contribution in [0.3, 0.4) is 0 Å². The second-order valence-electron chi connectivity index (χ2n) is 5.55. The van der Waals surface area contributed by atoms with E-state index in [2.05, 4.69) is 0 Å². The predicted molar refractivity (Wildman–Crippen MR) is 61.1 cm³/mol. The lowest BCUT2D eigenvalue weighted by Crippen LogP contribution is -2.47. The first-order valence-corrected chi connectivity index (χ1v) is 5.66. The Morgan fingerprint density at radius 2 is 2.00 bits per heavy atom. The van der Waals surface area contributed by atoms with Gasteiger partial charge in [-0.3, -0.25) is 14.5 Å². The third-order valence-corrected chi connectivity index (χ3v) is 2.81. The fraction of sp³-hybridized carbons (Fsp3) is 0.833. The molecule has 1 aliphatic heterocycles. The van der Waals surface area contributed by atoms with Gasteiger partial charge in [-0.2, -0.15) is 0 Å². The maximum absolute atomic E-state index is 11.8. The van der Waals surface area contributed by atoms with Crippen LogP contribution in [0.1, 0.15) is 34.1 Å². The molecule has 1 saturated heterocycles. The number of piperidine rings is 1. The van der Waals surface area contributed by atoms with Crippen molar-refractivity contribution in [1.82, 2.24) is 4.90 Å². The average Bonchev–Trinajstić information content (AvgIpc) is 2.08. The Kier molecular flexibility index (Phi) is 3.73. The van der Waals surface area contributed by atoms with Gasteiger partial charge in [-0.25, -0.2) is 0 Å². The third-order valence-electron chi connectivity index (χ3n) is 2.81. The van der Waals surface area contributed by atoms with Crippen LogP contribution in [0.2, 0.25) is 0 Å². The summed E-state index contributed by atoms with van der Waals surface area (Å²) in [5.74, 6) is -0.988. The zero-order chi connectivity index (χ0) is 12.5. The SMILES string of the molecule is C[C@@H]1CC(C(=O)OC(C)(C)C)C(=O)CN1C. The summed E-state index contributed by atoms with van der Waals surface area (Å²) < 4.78 is 5.25. The minimum atomic E-state index is -0.578. The summed E-state index contributed by atoms with van der Waals surface area (Å²) in [7, 11) is 1.90. The fourth-order valence-corrected chi connectivity index (χ4v) is 1.76. The van der Waals surface area contributed by atoms with Crippen LogP contribution < -0.4 is 0 Å². The molecule has 4 heteroatoms. The van der Waals surface area contributed by atoms with Crippen LogP contribution in [0.4, 0.5) is 0 Å². The van der Waals surface area contributed by atoms with Crippen LogP contribution in [0.15, 0.2) is 0 Å². The molecule has 0 aliphatic carbocycles. The van der Waals surface area contributed by atoms with Crippen LogP contribution in [-0.2, 0) is 14.3 Å².